The highest BCUT2D eigenvalue weighted by Crippen LogP contribution is 1.97. The smallest absolute Gasteiger partial charge is 0.0781 e. The Balaban J connectivity index is 0. The molecule has 3 atom stereocenters. The number of rotatable bonds is 10. The molecular weight excluding hydrogens is 252 g/mol. The maximum Gasteiger partial charge on any atom is 0.0781 e. The number of hydrogen-bond acceptors (Lipinski definition) is 6. The Morgan fingerprint density at radius 3 is 1.63 bits per heavy atom. The van der Waals surface area contributed by atoms with E-state index in [4.69, 9.17) is 29.9 Å². The fourth-order valence-electron chi connectivity index (χ4n) is 0.928. The topological polar surface area (TPSA) is 99.4 Å². The normalized spacial score (nSPS) is 15.3. The molecule has 0 aromatic carbocycles. The Morgan fingerprint density at radius 2 is 1.26 bits per heavy atom. The van der Waals surface area contributed by atoms with Crippen LogP contribution in [0.25, 0.3) is 0 Å². The quantitative estimate of drug-likeness (QED) is 0.418. The highest BCUT2D eigenvalue weighted by Gasteiger charge is 2.06. The molecule has 4 N–H and O–H groups in total. The zero-order valence-corrected chi connectivity index (χ0v) is 12.3. The van der Waals surface area contributed by atoms with E-state index in [1.54, 1.807) is 13.8 Å². The highest BCUT2D eigenvalue weighted by atomic mass is 16.5. The van der Waals surface area contributed by atoms with Crippen molar-refractivity contribution in [2.75, 3.05) is 33.0 Å². The molecule has 3 unspecified atom stereocenters. The lowest BCUT2D eigenvalue weighted by atomic mass is 10.3. The average molecular weight is 282 g/mol. The molecule has 6 heteroatoms. The van der Waals surface area contributed by atoms with Crippen molar-refractivity contribution in [2.24, 2.45) is 0 Å². The van der Waals surface area contributed by atoms with Crippen molar-refractivity contribution >= 4 is 0 Å². The first-order valence-electron chi connectivity index (χ1n) is 6.71. The third kappa shape index (κ3) is 20.2. The molecule has 0 saturated heterocycles. The van der Waals surface area contributed by atoms with Gasteiger partial charge in [0.1, 0.15) is 0 Å². The molecule has 0 heterocycles. The summed E-state index contributed by atoms with van der Waals surface area (Å²) in [5.74, 6) is 0. The van der Waals surface area contributed by atoms with Gasteiger partial charge < -0.3 is 29.9 Å². The predicted molar refractivity (Wildman–Crippen MR) is 73.0 cm³/mol. The average Bonchev–Trinajstić information content (AvgIpc) is 2.40. The van der Waals surface area contributed by atoms with E-state index in [0.717, 1.165) is 12.8 Å². The molecule has 0 radical (unpaired) electrons. The zero-order valence-electron chi connectivity index (χ0n) is 12.3. The maximum atomic E-state index is 8.92. The van der Waals surface area contributed by atoms with Crippen molar-refractivity contribution in [2.45, 2.75) is 51.9 Å². The summed E-state index contributed by atoms with van der Waals surface area (Å²) >= 11 is 0. The van der Waals surface area contributed by atoms with E-state index in [0.29, 0.717) is 13.2 Å². The molecule has 19 heavy (non-hydrogen) atoms. The minimum absolute atomic E-state index is 0.0170. The first-order valence-corrected chi connectivity index (χ1v) is 6.71. The largest absolute Gasteiger partial charge is 0.396 e. The highest BCUT2D eigenvalue weighted by molar-refractivity contribution is 4.52. The monoisotopic (exact) mass is 282 g/mol. The summed E-state index contributed by atoms with van der Waals surface area (Å²) in [5, 5.41) is 33.8. The van der Waals surface area contributed by atoms with Gasteiger partial charge in [-0.15, -0.1) is 0 Å². The third-order valence-electron chi connectivity index (χ3n) is 2.06. The lowest BCUT2D eigenvalue weighted by molar-refractivity contribution is -0.0620. The molecule has 0 rings (SSSR count). The third-order valence-corrected chi connectivity index (χ3v) is 2.06. The predicted octanol–water partition coefficient (Wildman–Crippen LogP) is -0.0791. The molecule has 0 aliphatic heterocycles. The van der Waals surface area contributed by atoms with Crippen molar-refractivity contribution in [3.05, 3.63) is 0 Å². The van der Waals surface area contributed by atoms with Crippen molar-refractivity contribution in [1.29, 1.82) is 0 Å². The second-order valence-corrected chi connectivity index (χ2v) is 4.47. The summed E-state index contributed by atoms with van der Waals surface area (Å²) in [6.45, 7) is 6.49. The fraction of sp³-hybridized carbons (Fsp3) is 1.00. The summed E-state index contributed by atoms with van der Waals surface area (Å²) < 4.78 is 10.5. The van der Waals surface area contributed by atoms with Gasteiger partial charge in [-0.3, -0.25) is 0 Å². The van der Waals surface area contributed by atoms with E-state index >= 15 is 0 Å². The summed E-state index contributed by atoms with van der Waals surface area (Å²) in [5.41, 5.74) is 0. The van der Waals surface area contributed by atoms with Gasteiger partial charge >= 0.3 is 0 Å². The molecule has 0 bridgehead atoms. The molecule has 0 fully saturated rings. The minimum atomic E-state index is -0.447. The number of ether oxygens (including phenoxy) is 2. The number of unbranched alkanes of at least 4 members (excludes halogenated alkanes) is 1. The maximum absolute atomic E-state index is 8.92. The van der Waals surface area contributed by atoms with Gasteiger partial charge in [-0.2, -0.15) is 0 Å². The molecule has 6 nitrogen and oxygen atoms in total. The van der Waals surface area contributed by atoms with E-state index in [1.807, 2.05) is 6.92 Å². The van der Waals surface area contributed by atoms with Gasteiger partial charge in [0.15, 0.2) is 0 Å². The van der Waals surface area contributed by atoms with Gasteiger partial charge in [0.05, 0.1) is 38.1 Å². The Hall–Kier alpha value is -0.240. The Labute approximate surface area is 116 Å². The van der Waals surface area contributed by atoms with Gasteiger partial charge in [0, 0.05) is 13.2 Å². The standard InChI is InChI=1S/C9H20O4.C4H10O2/c1-7(11)5-12-9(3)6-13-8(2)4-10;5-3-1-2-4-6/h7-11H,4-6H2,1-3H3;5-6H,1-4H2. The SMILES string of the molecule is CC(O)COC(C)COC(C)CO.OCCCCO. The summed E-state index contributed by atoms with van der Waals surface area (Å²) in [6.07, 6.45) is 0.784. The molecule has 0 aliphatic rings. The van der Waals surface area contributed by atoms with Gasteiger partial charge in [0.25, 0.3) is 0 Å². The van der Waals surface area contributed by atoms with Crippen LogP contribution in [0.4, 0.5) is 0 Å². The van der Waals surface area contributed by atoms with Crippen molar-refractivity contribution < 1.29 is 29.9 Å². The van der Waals surface area contributed by atoms with Crippen molar-refractivity contribution in [1.82, 2.24) is 0 Å². The Bertz CT molecular complexity index is 161. The van der Waals surface area contributed by atoms with Crippen LogP contribution < -0.4 is 0 Å². The van der Waals surface area contributed by atoms with E-state index < -0.39 is 6.10 Å². The van der Waals surface area contributed by atoms with Crippen LogP contribution in [0, 0.1) is 0 Å². The van der Waals surface area contributed by atoms with Crippen LogP contribution in [0.3, 0.4) is 0 Å². The molecule has 0 amide bonds. The van der Waals surface area contributed by atoms with Gasteiger partial charge in [-0.25, -0.2) is 0 Å². The fourth-order valence-corrected chi connectivity index (χ4v) is 0.928. The lowest BCUT2D eigenvalue weighted by Gasteiger charge is -2.16. The molecule has 0 spiro atoms. The molecule has 0 saturated carbocycles. The second kappa shape index (κ2) is 15.8. The molecule has 0 aromatic rings. The number of hydrogen-bond donors (Lipinski definition) is 4. The van der Waals surface area contributed by atoms with Crippen LogP contribution in [0.15, 0.2) is 0 Å². The lowest BCUT2D eigenvalue weighted by Crippen LogP contribution is -2.24. The van der Waals surface area contributed by atoms with Gasteiger partial charge in [0.2, 0.25) is 0 Å². The summed E-state index contributed by atoms with van der Waals surface area (Å²) in [7, 11) is 0. The molecular formula is C13H30O6. The van der Waals surface area contributed by atoms with Crippen LogP contribution in [-0.4, -0.2) is 71.8 Å². The van der Waals surface area contributed by atoms with Crippen LogP contribution in [0.1, 0.15) is 33.6 Å². The summed E-state index contributed by atoms with van der Waals surface area (Å²) in [4.78, 5) is 0. The number of aliphatic hydroxyl groups excluding tert-OH is 4. The van der Waals surface area contributed by atoms with Crippen LogP contribution in [0.5, 0.6) is 0 Å². The number of aliphatic hydroxyl groups is 4. The zero-order chi connectivity index (χ0) is 15.1. The van der Waals surface area contributed by atoms with Gasteiger partial charge in [-0.05, 0) is 33.6 Å². The molecule has 118 valence electrons. The second-order valence-electron chi connectivity index (χ2n) is 4.47. The first-order chi connectivity index (χ1) is 8.97. The summed E-state index contributed by atoms with van der Waals surface area (Å²) in [6, 6.07) is 0. The van der Waals surface area contributed by atoms with Crippen molar-refractivity contribution in [3.8, 4) is 0 Å². The van der Waals surface area contributed by atoms with E-state index in [9.17, 15) is 0 Å². The van der Waals surface area contributed by atoms with Crippen LogP contribution in [0.2, 0.25) is 0 Å². The van der Waals surface area contributed by atoms with E-state index in [1.165, 1.54) is 0 Å². The van der Waals surface area contributed by atoms with Crippen LogP contribution in [-0.2, 0) is 9.47 Å². The van der Waals surface area contributed by atoms with E-state index in [2.05, 4.69) is 0 Å². The van der Waals surface area contributed by atoms with E-state index in [-0.39, 0.29) is 32.0 Å². The first kappa shape index (κ1) is 21.1. The Morgan fingerprint density at radius 1 is 0.789 bits per heavy atom. The molecule has 0 aliphatic carbocycles. The Kier molecular flexibility index (Phi) is 17.5. The van der Waals surface area contributed by atoms with Crippen molar-refractivity contribution in [3.63, 3.8) is 0 Å². The van der Waals surface area contributed by atoms with Crippen LogP contribution >= 0.6 is 0 Å². The van der Waals surface area contributed by atoms with Gasteiger partial charge in [-0.1, -0.05) is 0 Å². The minimum Gasteiger partial charge on any atom is -0.396 e. The molecule has 0 aromatic heterocycles.